The molecule has 0 unspecified atom stereocenters. The number of nitrogens with zero attached hydrogens (tertiary/aromatic N) is 1. The number of alkyl halides is 3. The van der Waals surface area contributed by atoms with Crippen LogP contribution in [-0.4, -0.2) is 25.2 Å². The SMILES string of the molecule is CCN(NC)C(=CCOc1ccc(C(F)(F)F)cc1)c1cccc(C(C)(C)N)c1. The van der Waals surface area contributed by atoms with Gasteiger partial charge in [-0.25, -0.2) is 5.43 Å². The molecule has 2 rings (SSSR count). The normalized spacial score (nSPS) is 12.8. The number of halogens is 3. The summed E-state index contributed by atoms with van der Waals surface area (Å²) in [7, 11) is 1.82. The fourth-order valence-corrected chi connectivity index (χ4v) is 2.87. The zero-order valence-electron chi connectivity index (χ0n) is 17.2. The van der Waals surface area contributed by atoms with Gasteiger partial charge in [-0.1, -0.05) is 18.2 Å². The number of nitrogens with one attached hydrogen (secondary N) is 1. The molecule has 0 radical (unpaired) electrons. The highest BCUT2D eigenvalue weighted by atomic mass is 19.4. The lowest BCUT2D eigenvalue weighted by Gasteiger charge is -2.27. The zero-order chi connectivity index (χ0) is 21.7. The number of hydrazine groups is 1. The van der Waals surface area contributed by atoms with E-state index in [0.717, 1.165) is 29.0 Å². The molecule has 0 aliphatic heterocycles. The highest BCUT2D eigenvalue weighted by Gasteiger charge is 2.30. The van der Waals surface area contributed by atoms with E-state index in [0.29, 0.717) is 12.3 Å². The Kier molecular flexibility index (Phi) is 7.32. The van der Waals surface area contributed by atoms with Crippen molar-refractivity contribution in [3.05, 3.63) is 71.3 Å². The Labute approximate surface area is 170 Å². The molecule has 0 amide bonds. The molecule has 0 heterocycles. The van der Waals surface area contributed by atoms with E-state index in [1.54, 1.807) is 0 Å². The molecule has 0 saturated carbocycles. The van der Waals surface area contributed by atoms with Crippen molar-refractivity contribution in [1.29, 1.82) is 0 Å². The van der Waals surface area contributed by atoms with Crippen molar-refractivity contribution >= 4 is 5.70 Å². The molecule has 29 heavy (non-hydrogen) atoms. The fourth-order valence-electron chi connectivity index (χ4n) is 2.87. The number of nitrogens with two attached hydrogens (primary N) is 1. The van der Waals surface area contributed by atoms with Crippen LogP contribution < -0.4 is 15.9 Å². The minimum atomic E-state index is -4.36. The van der Waals surface area contributed by atoms with E-state index in [4.69, 9.17) is 10.5 Å². The van der Waals surface area contributed by atoms with Crippen LogP contribution in [0.3, 0.4) is 0 Å². The van der Waals surface area contributed by atoms with Crippen LogP contribution in [0.25, 0.3) is 5.70 Å². The van der Waals surface area contributed by atoms with E-state index in [2.05, 4.69) is 5.43 Å². The molecule has 0 spiro atoms. The maximum atomic E-state index is 12.7. The summed E-state index contributed by atoms with van der Waals surface area (Å²) >= 11 is 0. The topological polar surface area (TPSA) is 50.5 Å². The van der Waals surface area contributed by atoms with Gasteiger partial charge >= 0.3 is 6.18 Å². The largest absolute Gasteiger partial charge is 0.489 e. The van der Waals surface area contributed by atoms with Crippen LogP contribution in [0.2, 0.25) is 0 Å². The van der Waals surface area contributed by atoms with Crippen LogP contribution in [0.4, 0.5) is 13.2 Å². The van der Waals surface area contributed by atoms with Crippen LogP contribution in [0, 0.1) is 0 Å². The molecular weight excluding hydrogens is 379 g/mol. The van der Waals surface area contributed by atoms with Gasteiger partial charge < -0.3 is 15.5 Å². The summed E-state index contributed by atoms with van der Waals surface area (Å²) in [4.78, 5) is 0. The van der Waals surface area contributed by atoms with Crippen LogP contribution in [0.15, 0.2) is 54.6 Å². The summed E-state index contributed by atoms with van der Waals surface area (Å²) in [6.07, 6.45) is -2.47. The molecule has 2 aromatic rings. The summed E-state index contributed by atoms with van der Waals surface area (Å²) in [5.74, 6) is 0.373. The van der Waals surface area contributed by atoms with Crippen LogP contribution in [-0.2, 0) is 11.7 Å². The summed E-state index contributed by atoms with van der Waals surface area (Å²) in [6.45, 7) is 6.81. The van der Waals surface area contributed by atoms with Gasteiger partial charge in [0.1, 0.15) is 12.4 Å². The molecule has 0 atom stereocenters. The third-order valence-electron chi connectivity index (χ3n) is 4.49. The Balaban J connectivity index is 2.24. The molecule has 0 saturated heterocycles. The quantitative estimate of drug-likeness (QED) is 0.619. The second-order valence-electron chi connectivity index (χ2n) is 7.19. The van der Waals surface area contributed by atoms with Gasteiger partial charge in [0.2, 0.25) is 0 Å². The first-order chi connectivity index (χ1) is 13.6. The van der Waals surface area contributed by atoms with Gasteiger partial charge in [-0.3, -0.25) is 0 Å². The van der Waals surface area contributed by atoms with Crippen molar-refractivity contribution in [3.63, 3.8) is 0 Å². The Bertz CT molecular complexity index is 820. The number of hydrogen-bond acceptors (Lipinski definition) is 4. The third-order valence-corrected chi connectivity index (χ3v) is 4.49. The van der Waals surface area contributed by atoms with Gasteiger partial charge in [-0.15, -0.1) is 0 Å². The van der Waals surface area contributed by atoms with Gasteiger partial charge in [-0.2, -0.15) is 13.2 Å². The molecule has 0 fully saturated rings. The minimum Gasteiger partial charge on any atom is -0.489 e. The van der Waals surface area contributed by atoms with Crippen LogP contribution >= 0.6 is 0 Å². The second kappa shape index (κ2) is 9.33. The summed E-state index contributed by atoms with van der Waals surface area (Å²) in [5.41, 5.74) is 11.0. The number of hydrogen-bond donors (Lipinski definition) is 2. The molecular formula is C22H28F3N3O. The first-order valence-electron chi connectivity index (χ1n) is 9.41. The molecule has 2 aromatic carbocycles. The monoisotopic (exact) mass is 407 g/mol. The van der Waals surface area contributed by atoms with E-state index in [1.807, 2.05) is 63.2 Å². The van der Waals surface area contributed by atoms with Crippen molar-refractivity contribution in [3.8, 4) is 5.75 Å². The predicted molar refractivity (Wildman–Crippen MR) is 110 cm³/mol. The minimum absolute atomic E-state index is 0.203. The molecule has 4 nitrogen and oxygen atoms in total. The molecule has 0 bridgehead atoms. The van der Waals surface area contributed by atoms with Gasteiger partial charge in [0, 0.05) is 19.1 Å². The van der Waals surface area contributed by atoms with Crippen molar-refractivity contribution < 1.29 is 17.9 Å². The van der Waals surface area contributed by atoms with Crippen molar-refractivity contribution in [1.82, 2.24) is 10.4 Å². The Morgan fingerprint density at radius 1 is 1.10 bits per heavy atom. The van der Waals surface area contributed by atoms with E-state index in [1.165, 1.54) is 12.1 Å². The van der Waals surface area contributed by atoms with Gasteiger partial charge in [-0.05, 0) is 68.3 Å². The van der Waals surface area contributed by atoms with Gasteiger partial charge in [0.25, 0.3) is 0 Å². The van der Waals surface area contributed by atoms with Gasteiger partial charge in [0.05, 0.1) is 11.3 Å². The standard InChI is InChI=1S/C22H28F3N3O/c1-5-28(27-4)20(16-7-6-8-18(15-16)21(2,3)26)13-14-29-19-11-9-17(10-12-19)22(23,24)25/h6-13,15,27H,5,14,26H2,1-4H3. The van der Waals surface area contributed by atoms with E-state index in [-0.39, 0.29) is 6.61 Å². The maximum Gasteiger partial charge on any atom is 0.416 e. The van der Waals surface area contributed by atoms with E-state index < -0.39 is 17.3 Å². The molecule has 3 N–H and O–H groups in total. The highest BCUT2D eigenvalue weighted by Crippen LogP contribution is 2.30. The molecule has 0 aliphatic rings. The first kappa shape index (κ1) is 22.8. The highest BCUT2D eigenvalue weighted by molar-refractivity contribution is 5.64. The summed E-state index contributed by atoms with van der Waals surface area (Å²) < 4.78 is 43.7. The van der Waals surface area contributed by atoms with E-state index in [9.17, 15) is 13.2 Å². The smallest absolute Gasteiger partial charge is 0.416 e. The first-order valence-corrected chi connectivity index (χ1v) is 9.41. The summed E-state index contributed by atoms with van der Waals surface area (Å²) in [5, 5.41) is 1.96. The average Bonchev–Trinajstić information content (AvgIpc) is 2.67. The third kappa shape index (κ3) is 6.24. The maximum absolute atomic E-state index is 12.7. The fraction of sp³-hybridized carbons (Fsp3) is 0.364. The van der Waals surface area contributed by atoms with Crippen molar-refractivity contribution in [2.75, 3.05) is 20.2 Å². The molecule has 7 heteroatoms. The molecule has 158 valence electrons. The zero-order valence-corrected chi connectivity index (χ0v) is 17.2. The molecule has 0 aromatic heterocycles. The van der Waals surface area contributed by atoms with Crippen LogP contribution in [0.1, 0.15) is 37.5 Å². The average molecular weight is 407 g/mol. The lowest BCUT2D eigenvalue weighted by molar-refractivity contribution is -0.137. The number of ether oxygens (including phenoxy) is 1. The van der Waals surface area contributed by atoms with Crippen molar-refractivity contribution in [2.45, 2.75) is 32.5 Å². The van der Waals surface area contributed by atoms with Crippen molar-refractivity contribution in [2.24, 2.45) is 5.73 Å². The van der Waals surface area contributed by atoms with E-state index >= 15 is 0 Å². The second-order valence-corrected chi connectivity index (χ2v) is 7.19. The number of rotatable bonds is 8. The summed E-state index contributed by atoms with van der Waals surface area (Å²) in [6, 6.07) is 12.6. The lowest BCUT2D eigenvalue weighted by atomic mass is 9.93. The van der Waals surface area contributed by atoms with Gasteiger partial charge in [0.15, 0.2) is 0 Å². The van der Waals surface area contributed by atoms with Crippen LogP contribution in [0.5, 0.6) is 5.75 Å². The predicted octanol–water partition coefficient (Wildman–Crippen LogP) is 4.78. The molecule has 0 aliphatic carbocycles. The Morgan fingerprint density at radius 2 is 1.76 bits per heavy atom. The Morgan fingerprint density at radius 3 is 2.28 bits per heavy atom. The Hall–Kier alpha value is -2.51. The number of benzene rings is 2. The lowest BCUT2D eigenvalue weighted by Crippen LogP contribution is -2.34.